The van der Waals surface area contributed by atoms with Gasteiger partial charge in [0.25, 0.3) is 0 Å². The molecule has 0 saturated heterocycles. The zero-order valence-electron chi connectivity index (χ0n) is 17.1. The molecule has 4 rings (SSSR count). The molecule has 1 aliphatic carbocycles. The lowest BCUT2D eigenvalue weighted by atomic mass is 9.91. The third kappa shape index (κ3) is 3.75. The summed E-state index contributed by atoms with van der Waals surface area (Å²) >= 11 is 0. The molecule has 6 heteroatoms. The van der Waals surface area contributed by atoms with E-state index in [1.807, 2.05) is 13.2 Å². The summed E-state index contributed by atoms with van der Waals surface area (Å²) in [5, 5.41) is 3.21. The van der Waals surface area contributed by atoms with E-state index in [-0.39, 0.29) is 0 Å². The zero-order valence-corrected chi connectivity index (χ0v) is 17.1. The van der Waals surface area contributed by atoms with E-state index in [0.717, 1.165) is 43.8 Å². The van der Waals surface area contributed by atoms with Crippen LogP contribution in [0.4, 0.5) is 5.82 Å². The second-order valence-electron chi connectivity index (χ2n) is 7.74. The van der Waals surface area contributed by atoms with Gasteiger partial charge in [-0.3, -0.25) is 14.3 Å². The Morgan fingerprint density at radius 1 is 1.21 bits per heavy atom. The van der Waals surface area contributed by atoms with Crippen molar-refractivity contribution in [1.82, 2.24) is 24.6 Å². The molecule has 28 heavy (non-hydrogen) atoms. The zero-order chi connectivity index (χ0) is 19.5. The van der Waals surface area contributed by atoms with Crippen molar-refractivity contribution in [1.29, 1.82) is 0 Å². The predicted octanol–water partition coefficient (Wildman–Crippen LogP) is 2.89. The summed E-state index contributed by atoms with van der Waals surface area (Å²) < 4.78 is 2.20. The van der Waals surface area contributed by atoms with Gasteiger partial charge in [0.05, 0.1) is 17.4 Å². The lowest BCUT2D eigenvalue weighted by molar-refractivity contribution is 0.206. The third-order valence-corrected chi connectivity index (χ3v) is 5.72. The Morgan fingerprint density at radius 3 is 2.96 bits per heavy atom. The minimum absolute atomic E-state index is 0.368. The lowest BCUT2D eigenvalue weighted by Gasteiger charge is -2.31. The minimum atomic E-state index is 0.368. The van der Waals surface area contributed by atoms with Crippen LogP contribution in [-0.4, -0.2) is 53.5 Å². The summed E-state index contributed by atoms with van der Waals surface area (Å²) in [6.07, 6.45) is 7.62. The van der Waals surface area contributed by atoms with Gasteiger partial charge >= 0.3 is 0 Å². The standard InChI is InChI=1S/C22H30N6/c1-23-13-14-26(2)21-11-5-10-20-25-18(16-28(20)21)15-27(3)19-9-4-7-17-8-6-12-24-22(17)19/h5-6,8,10-12,16,19,23H,4,7,9,13-15H2,1-3H3/t19-/m0/s1. The lowest BCUT2D eigenvalue weighted by Crippen LogP contribution is -2.28. The van der Waals surface area contributed by atoms with Crippen LogP contribution in [0.15, 0.2) is 42.7 Å². The summed E-state index contributed by atoms with van der Waals surface area (Å²) in [4.78, 5) is 14.2. The number of fused-ring (bicyclic) bond motifs is 2. The highest BCUT2D eigenvalue weighted by atomic mass is 15.2. The third-order valence-electron chi connectivity index (χ3n) is 5.72. The van der Waals surface area contributed by atoms with Crippen LogP contribution in [0.25, 0.3) is 5.65 Å². The number of likely N-dealkylation sites (N-methyl/N-ethyl adjacent to an activating group) is 2. The molecule has 3 heterocycles. The molecule has 3 aromatic heterocycles. The van der Waals surface area contributed by atoms with Gasteiger partial charge in [-0.15, -0.1) is 0 Å². The van der Waals surface area contributed by atoms with E-state index in [2.05, 4.69) is 70.1 Å². The Hall–Kier alpha value is -2.44. The van der Waals surface area contributed by atoms with Crippen LogP contribution in [0.2, 0.25) is 0 Å². The molecule has 1 N–H and O–H groups in total. The van der Waals surface area contributed by atoms with E-state index in [9.17, 15) is 0 Å². The highest BCUT2D eigenvalue weighted by Crippen LogP contribution is 2.32. The van der Waals surface area contributed by atoms with Crippen molar-refractivity contribution in [3.63, 3.8) is 0 Å². The number of aryl methyl sites for hydroxylation is 1. The summed E-state index contributed by atoms with van der Waals surface area (Å²) in [5.74, 6) is 1.17. The maximum atomic E-state index is 4.89. The molecule has 1 atom stereocenters. The quantitative estimate of drug-likeness (QED) is 0.685. The van der Waals surface area contributed by atoms with Crippen LogP contribution < -0.4 is 10.2 Å². The van der Waals surface area contributed by atoms with E-state index in [1.54, 1.807) is 0 Å². The summed E-state index contributed by atoms with van der Waals surface area (Å²) in [6, 6.07) is 11.0. The molecule has 0 aliphatic heterocycles. The number of nitrogens with one attached hydrogen (secondary N) is 1. The molecule has 6 nitrogen and oxygen atoms in total. The number of pyridine rings is 2. The van der Waals surface area contributed by atoms with Crippen molar-refractivity contribution >= 4 is 11.5 Å². The Kier molecular flexibility index (Phi) is 5.59. The van der Waals surface area contributed by atoms with Crippen LogP contribution in [0.5, 0.6) is 0 Å². The Labute approximate surface area is 167 Å². The minimum Gasteiger partial charge on any atom is -0.359 e. The number of hydrogen-bond donors (Lipinski definition) is 1. The van der Waals surface area contributed by atoms with Gasteiger partial charge in [-0.2, -0.15) is 0 Å². The van der Waals surface area contributed by atoms with Gasteiger partial charge in [0.2, 0.25) is 0 Å². The Bertz CT molecular complexity index is 934. The monoisotopic (exact) mass is 378 g/mol. The van der Waals surface area contributed by atoms with Gasteiger partial charge in [0.1, 0.15) is 11.5 Å². The van der Waals surface area contributed by atoms with Crippen molar-refractivity contribution in [3.8, 4) is 0 Å². The van der Waals surface area contributed by atoms with E-state index in [0.29, 0.717) is 6.04 Å². The van der Waals surface area contributed by atoms with Crippen LogP contribution in [0.3, 0.4) is 0 Å². The fourth-order valence-corrected chi connectivity index (χ4v) is 4.21. The SMILES string of the molecule is CNCCN(C)c1cccc2nc(CN(C)[C@H]3CCCc4cccnc43)cn12. The molecule has 0 radical (unpaired) electrons. The topological polar surface area (TPSA) is 48.7 Å². The number of imidazole rings is 1. The molecule has 0 aromatic carbocycles. The molecular weight excluding hydrogens is 348 g/mol. The molecular formula is C22H30N6. The van der Waals surface area contributed by atoms with Crippen molar-refractivity contribution in [2.45, 2.75) is 31.8 Å². The average Bonchev–Trinajstić information content (AvgIpc) is 3.13. The highest BCUT2D eigenvalue weighted by Gasteiger charge is 2.25. The fourth-order valence-electron chi connectivity index (χ4n) is 4.21. The van der Waals surface area contributed by atoms with Gasteiger partial charge in [0, 0.05) is 39.1 Å². The van der Waals surface area contributed by atoms with E-state index in [4.69, 9.17) is 9.97 Å². The summed E-state index contributed by atoms with van der Waals surface area (Å²) in [6.45, 7) is 2.72. The van der Waals surface area contributed by atoms with E-state index < -0.39 is 0 Å². The van der Waals surface area contributed by atoms with Crippen molar-refractivity contribution in [2.24, 2.45) is 0 Å². The normalized spacial score (nSPS) is 16.5. The van der Waals surface area contributed by atoms with Gasteiger partial charge in [-0.1, -0.05) is 12.1 Å². The van der Waals surface area contributed by atoms with Crippen LogP contribution in [0.1, 0.15) is 35.8 Å². The first-order valence-corrected chi connectivity index (χ1v) is 10.1. The molecule has 0 bridgehead atoms. The number of nitrogens with zero attached hydrogens (tertiary/aromatic N) is 5. The number of aromatic nitrogens is 3. The summed E-state index contributed by atoms with van der Waals surface area (Å²) in [7, 11) is 6.30. The summed E-state index contributed by atoms with van der Waals surface area (Å²) in [5.41, 5.74) is 4.74. The van der Waals surface area contributed by atoms with E-state index in [1.165, 1.54) is 23.5 Å². The van der Waals surface area contributed by atoms with Gasteiger partial charge in [-0.05, 0) is 57.1 Å². The van der Waals surface area contributed by atoms with Crippen molar-refractivity contribution < 1.29 is 0 Å². The Morgan fingerprint density at radius 2 is 2.11 bits per heavy atom. The molecule has 0 saturated carbocycles. The highest BCUT2D eigenvalue weighted by molar-refractivity contribution is 5.52. The average molecular weight is 379 g/mol. The number of anilines is 1. The van der Waals surface area contributed by atoms with Crippen LogP contribution >= 0.6 is 0 Å². The number of rotatable bonds is 7. The largest absolute Gasteiger partial charge is 0.359 e. The number of hydrogen-bond acceptors (Lipinski definition) is 5. The molecule has 0 fully saturated rings. The maximum Gasteiger partial charge on any atom is 0.138 e. The smallest absolute Gasteiger partial charge is 0.138 e. The first-order chi connectivity index (χ1) is 13.7. The molecule has 0 unspecified atom stereocenters. The van der Waals surface area contributed by atoms with Crippen LogP contribution in [0, 0.1) is 0 Å². The predicted molar refractivity (Wildman–Crippen MR) is 114 cm³/mol. The first kappa shape index (κ1) is 18.9. The van der Waals surface area contributed by atoms with Crippen molar-refractivity contribution in [2.75, 3.05) is 39.1 Å². The molecule has 148 valence electrons. The molecule has 1 aliphatic rings. The fraction of sp³-hybridized carbons (Fsp3) is 0.455. The van der Waals surface area contributed by atoms with Crippen molar-refractivity contribution in [3.05, 3.63) is 59.7 Å². The second-order valence-corrected chi connectivity index (χ2v) is 7.74. The molecule has 0 spiro atoms. The Balaban J connectivity index is 1.56. The molecule has 3 aromatic rings. The molecule has 0 amide bonds. The van der Waals surface area contributed by atoms with Gasteiger partial charge in [0.15, 0.2) is 0 Å². The van der Waals surface area contributed by atoms with E-state index >= 15 is 0 Å². The van der Waals surface area contributed by atoms with Gasteiger partial charge in [-0.25, -0.2) is 4.98 Å². The maximum absolute atomic E-state index is 4.89. The second kappa shape index (κ2) is 8.29. The first-order valence-electron chi connectivity index (χ1n) is 10.1. The van der Waals surface area contributed by atoms with Gasteiger partial charge < -0.3 is 10.2 Å². The van der Waals surface area contributed by atoms with Crippen LogP contribution in [-0.2, 0) is 13.0 Å².